The second-order valence-corrected chi connectivity index (χ2v) is 15.7. The summed E-state index contributed by atoms with van der Waals surface area (Å²) < 4.78 is 306. The van der Waals surface area contributed by atoms with Crippen LogP contribution in [0.4, 0.5) is 87.8 Å². The van der Waals surface area contributed by atoms with Gasteiger partial charge in [0, 0.05) is 11.1 Å². The van der Waals surface area contributed by atoms with E-state index in [9.17, 15) is 62.0 Å². The van der Waals surface area contributed by atoms with E-state index in [1.807, 2.05) is 30.3 Å². The van der Waals surface area contributed by atoms with Crippen molar-refractivity contribution in [1.82, 2.24) is 0 Å². The van der Waals surface area contributed by atoms with Gasteiger partial charge in [-0.2, -0.15) is 0 Å². The van der Waals surface area contributed by atoms with Crippen molar-refractivity contribution in [3.05, 3.63) is 182 Å². The summed E-state index contributed by atoms with van der Waals surface area (Å²) in [5, 5.41) is 12.1. The molecule has 64 heavy (non-hydrogen) atoms. The first-order valence-electron chi connectivity index (χ1n) is 16.8. The highest BCUT2D eigenvalue weighted by atomic mass is 32.2. The van der Waals surface area contributed by atoms with E-state index in [2.05, 4.69) is 11.2 Å². The Labute approximate surface area is 345 Å². The van der Waals surface area contributed by atoms with Crippen molar-refractivity contribution in [1.29, 1.82) is 0 Å². The smallest absolute Gasteiger partial charge is 0.200 e. The average molecular weight is 950 g/mol. The normalized spacial score (nSPS) is 12.3. The topological polar surface area (TPSA) is 37.3 Å². The van der Waals surface area contributed by atoms with Crippen molar-refractivity contribution in [3.63, 3.8) is 0 Å². The van der Waals surface area contributed by atoms with Crippen LogP contribution in [0.25, 0.3) is 0 Å². The third kappa shape index (κ3) is 8.12. The van der Waals surface area contributed by atoms with E-state index in [4.69, 9.17) is 0 Å². The van der Waals surface area contributed by atoms with Crippen LogP contribution in [-0.4, -0.2) is 17.5 Å². The number of hydrogen-bond acceptors (Lipinski definition) is 2. The van der Waals surface area contributed by atoms with Crippen molar-refractivity contribution >= 4 is 37.9 Å². The summed E-state index contributed by atoms with van der Waals surface area (Å²) in [6, 6.07) is 16.2. The van der Waals surface area contributed by atoms with Gasteiger partial charge in [-0.1, -0.05) is 34.5 Å². The fourth-order valence-electron chi connectivity index (χ4n) is 6.51. The molecule has 6 aromatic rings. The predicted octanol–water partition coefficient (Wildman–Crippen LogP) is 8.88. The molecular formula is C40H15BF20O2S. The molecule has 1 atom stereocenters. The van der Waals surface area contributed by atoms with Crippen molar-refractivity contribution in [2.75, 3.05) is 6.26 Å². The number of aromatic hydroxyl groups is 1. The molecule has 0 spiro atoms. The van der Waals surface area contributed by atoms with Crippen LogP contribution < -0.4 is 21.9 Å². The number of hydrogen-bond donors (Lipinski definition) is 1. The first-order valence-corrected chi connectivity index (χ1v) is 18.9. The molecule has 0 aliphatic heterocycles. The van der Waals surface area contributed by atoms with Crippen LogP contribution in [0.1, 0.15) is 11.1 Å². The summed E-state index contributed by atoms with van der Waals surface area (Å²) in [6.45, 7) is 0. The molecule has 0 saturated heterocycles. The molecule has 336 valence electrons. The van der Waals surface area contributed by atoms with E-state index in [0.29, 0.717) is 5.75 Å². The average Bonchev–Trinajstić information content (AvgIpc) is 3.27. The Morgan fingerprint density at radius 2 is 0.656 bits per heavy atom. The molecule has 0 fully saturated rings. The number of phenols is 1. The van der Waals surface area contributed by atoms with Gasteiger partial charge >= 0.3 is 0 Å². The zero-order valence-corrected chi connectivity index (χ0v) is 31.6. The quantitative estimate of drug-likeness (QED) is 0.0453. The SMILES string of the molecule is C[S+](=O)(C#Cc1ccccc1)Cc1ccc(O)cc1.Fc1c(F)c(F)c([B-](c2c(F)c(F)c(F)c(F)c2F)(c2c(F)c(F)c(F)c(F)c2F)c2c(F)c(F)c(F)c(F)c2F)c(F)c1F. The van der Waals surface area contributed by atoms with E-state index in [1.54, 1.807) is 30.5 Å². The maximum Gasteiger partial charge on any atom is 0.200 e. The molecule has 1 unspecified atom stereocenters. The van der Waals surface area contributed by atoms with Crippen molar-refractivity contribution < 1.29 is 97.1 Å². The van der Waals surface area contributed by atoms with Gasteiger partial charge in [0.2, 0.25) is 0 Å². The third-order valence-electron chi connectivity index (χ3n) is 9.27. The van der Waals surface area contributed by atoms with Gasteiger partial charge in [0.1, 0.15) is 70.4 Å². The van der Waals surface area contributed by atoms with Gasteiger partial charge in [-0.3, -0.25) is 0 Å². The van der Waals surface area contributed by atoms with E-state index in [-0.39, 0.29) is 5.75 Å². The Kier molecular flexibility index (Phi) is 13.6. The lowest BCUT2D eigenvalue weighted by Gasteiger charge is -2.44. The maximum absolute atomic E-state index is 15.4. The van der Waals surface area contributed by atoms with Crippen LogP contribution >= 0.6 is 0 Å². The largest absolute Gasteiger partial charge is 0.508 e. The molecule has 1 N–H and O–H groups in total. The number of benzene rings is 6. The van der Waals surface area contributed by atoms with Crippen molar-refractivity contribution in [3.8, 4) is 16.9 Å². The minimum absolute atomic E-state index is 0.210. The van der Waals surface area contributed by atoms with Gasteiger partial charge in [0.05, 0.1) is 0 Å². The molecule has 0 aromatic heterocycles. The second kappa shape index (κ2) is 17.9. The summed E-state index contributed by atoms with van der Waals surface area (Å²) in [5.41, 5.74) is -12.6. The van der Waals surface area contributed by atoms with Crippen LogP contribution in [0.5, 0.6) is 5.75 Å². The first kappa shape index (κ1) is 48.5. The Bertz CT molecular complexity index is 2590. The minimum Gasteiger partial charge on any atom is -0.508 e. The lowest BCUT2D eigenvalue weighted by Crippen LogP contribution is -2.81. The fourth-order valence-corrected chi connectivity index (χ4v) is 7.74. The van der Waals surface area contributed by atoms with E-state index in [0.717, 1.165) is 11.1 Å². The van der Waals surface area contributed by atoms with E-state index in [1.165, 1.54) is 0 Å². The van der Waals surface area contributed by atoms with Gasteiger partial charge in [-0.15, -0.1) is 21.9 Å². The van der Waals surface area contributed by atoms with Crippen LogP contribution in [0.3, 0.4) is 0 Å². The minimum atomic E-state index is -7.22. The summed E-state index contributed by atoms with van der Waals surface area (Å²) in [4.78, 5) is 0. The molecule has 0 amide bonds. The molecule has 6 aromatic carbocycles. The van der Waals surface area contributed by atoms with Crippen LogP contribution in [0.15, 0.2) is 54.6 Å². The van der Waals surface area contributed by atoms with Gasteiger partial charge in [-0.25, -0.2) is 87.8 Å². The van der Waals surface area contributed by atoms with Crippen LogP contribution in [-0.2, 0) is 19.9 Å². The molecular weight excluding hydrogens is 935 g/mol. The third-order valence-corrected chi connectivity index (χ3v) is 10.7. The highest BCUT2D eigenvalue weighted by molar-refractivity contribution is 8.05. The lowest BCUT2D eigenvalue weighted by atomic mass is 9.12. The second-order valence-electron chi connectivity index (χ2n) is 13.2. The standard InChI is InChI=1S/C24BF20.C16H14O2S/c26-5-1(6(27)14(35)21(42)13(5)34)25(2-7(28)15(36)22(43)16(37)8(2)29,3-9(30)17(38)23(44)18(39)10(3)31)4-11(32)19(40)24(45)20(41)12(4)33;1-19(18,12-11-14-5-3-2-4-6-14)13-15-7-9-16(17)10-8-15/h;2-10H,13H2,1H3/q-1;/p+1. The monoisotopic (exact) mass is 950 g/mol. The molecule has 2 nitrogen and oxygen atoms in total. The first-order chi connectivity index (χ1) is 29.8. The Morgan fingerprint density at radius 3 is 0.922 bits per heavy atom. The van der Waals surface area contributed by atoms with Gasteiger partial charge < -0.3 is 5.11 Å². The lowest BCUT2D eigenvalue weighted by molar-refractivity contribution is 0.378. The molecule has 0 saturated carbocycles. The van der Waals surface area contributed by atoms with Crippen molar-refractivity contribution in [2.45, 2.75) is 5.75 Å². The van der Waals surface area contributed by atoms with Crippen LogP contribution in [0, 0.1) is 128 Å². The van der Waals surface area contributed by atoms with E-state index >= 15 is 35.1 Å². The number of halogens is 20. The van der Waals surface area contributed by atoms with Crippen molar-refractivity contribution in [2.24, 2.45) is 0 Å². The number of rotatable bonds is 6. The summed E-state index contributed by atoms with van der Waals surface area (Å²) in [5.74, 6) is -67.9. The highest BCUT2D eigenvalue weighted by Crippen LogP contribution is 2.31. The zero-order valence-electron chi connectivity index (χ0n) is 30.8. The molecule has 0 aliphatic rings. The Balaban J connectivity index is 0.000000337. The molecule has 6 rings (SSSR count). The molecule has 0 heterocycles. The maximum atomic E-state index is 15.4. The summed E-state index contributed by atoms with van der Waals surface area (Å²) in [7, 11) is -2.24. The molecule has 0 radical (unpaired) electrons. The highest BCUT2D eigenvalue weighted by Gasteiger charge is 2.52. The van der Waals surface area contributed by atoms with Gasteiger partial charge in [0.15, 0.2) is 85.0 Å². The van der Waals surface area contributed by atoms with Crippen LogP contribution in [0.2, 0.25) is 0 Å². The Hall–Kier alpha value is -6.51. The predicted molar refractivity (Wildman–Crippen MR) is 188 cm³/mol. The zero-order chi connectivity index (χ0) is 48.1. The molecule has 0 bridgehead atoms. The molecule has 24 heteroatoms. The summed E-state index contributed by atoms with van der Waals surface area (Å²) >= 11 is 0. The van der Waals surface area contributed by atoms with E-state index < -0.39 is 154 Å². The van der Waals surface area contributed by atoms with Gasteiger partial charge in [-0.05, 0) is 30.2 Å². The number of phenolic OH excluding ortho intramolecular Hbond substituents is 1. The molecule has 0 aliphatic carbocycles. The fraction of sp³-hybridized carbons (Fsp3) is 0.0500. The van der Waals surface area contributed by atoms with Gasteiger partial charge in [0.25, 0.3) is 0 Å². The summed E-state index contributed by atoms with van der Waals surface area (Å²) in [6.07, 6.45) is -5.55. The Morgan fingerprint density at radius 1 is 0.406 bits per heavy atom.